The van der Waals surface area contributed by atoms with Crippen molar-refractivity contribution in [3.8, 4) is 0 Å². The minimum atomic E-state index is -0.197. The number of fused-ring (bicyclic) bond motifs is 1. The van der Waals surface area contributed by atoms with E-state index in [1.165, 1.54) is 12.1 Å². The van der Waals surface area contributed by atoms with Gasteiger partial charge in [0, 0.05) is 31.6 Å². The molecular formula is C18H26ClFN4O. The fourth-order valence-electron chi connectivity index (χ4n) is 4.31. The zero-order chi connectivity index (χ0) is 16.5. The van der Waals surface area contributed by atoms with Crippen molar-refractivity contribution in [1.82, 2.24) is 21.1 Å². The van der Waals surface area contributed by atoms with Crippen LogP contribution >= 0.6 is 12.4 Å². The van der Waals surface area contributed by atoms with Crippen LogP contribution in [0.5, 0.6) is 0 Å². The number of carbonyl (C=O) groups is 1. The maximum Gasteiger partial charge on any atom is 0.241 e. The minimum Gasteiger partial charge on any atom is -0.341 e. The molecule has 25 heavy (non-hydrogen) atoms. The van der Waals surface area contributed by atoms with E-state index in [4.69, 9.17) is 0 Å². The first-order chi connectivity index (χ1) is 11.7. The van der Waals surface area contributed by atoms with Crippen LogP contribution < -0.4 is 16.2 Å². The molecule has 1 amide bonds. The Morgan fingerprint density at radius 1 is 1.20 bits per heavy atom. The van der Waals surface area contributed by atoms with Crippen LogP contribution in [0.3, 0.4) is 0 Å². The van der Waals surface area contributed by atoms with Crippen LogP contribution in [0, 0.1) is 17.7 Å². The lowest BCUT2D eigenvalue weighted by atomic mass is 9.89. The first-order valence-electron chi connectivity index (χ1n) is 8.96. The van der Waals surface area contributed by atoms with Crippen LogP contribution in [0.4, 0.5) is 4.39 Å². The second-order valence-corrected chi connectivity index (χ2v) is 7.30. The highest BCUT2D eigenvalue weighted by atomic mass is 35.5. The Bertz CT molecular complexity index is 599. The van der Waals surface area contributed by atoms with Gasteiger partial charge in [-0.15, -0.1) is 12.4 Å². The summed E-state index contributed by atoms with van der Waals surface area (Å²) >= 11 is 0. The predicted molar refractivity (Wildman–Crippen MR) is 96.9 cm³/mol. The summed E-state index contributed by atoms with van der Waals surface area (Å²) in [6.07, 6.45) is 3.00. The number of nitrogens with zero attached hydrogens (tertiary/aromatic N) is 1. The Morgan fingerprint density at radius 2 is 2.00 bits per heavy atom. The molecule has 0 radical (unpaired) electrons. The van der Waals surface area contributed by atoms with E-state index in [1.807, 2.05) is 17.0 Å². The summed E-state index contributed by atoms with van der Waals surface area (Å²) in [6.45, 7) is 3.54. The largest absolute Gasteiger partial charge is 0.341 e. The van der Waals surface area contributed by atoms with Crippen molar-refractivity contribution in [1.29, 1.82) is 0 Å². The second kappa shape index (κ2) is 7.99. The smallest absolute Gasteiger partial charge is 0.241 e. The van der Waals surface area contributed by atoms with Crippen molar-refractivity contribution < 1.29 is 9.18 Å². The van der Waals surface area contributed by atoms with Crippen molar-refractivity contribution in [3.05, 3.63) is 35.6 Å². The van der Waals surface area contributed by atoms with Crippen molar-refractivity contribution in [3.63, 3.8) is 0 Å². The van der Waals surface area contributed by atoms with Crippen LogP contribution in [-0.4, -0.2) is 49.1 Å². The number of carbonyl (C=O) groups excluding carboxylic acids is 1. The molecule has 1 aromatic rings. The van der Waals surface area contributed by atoms with Gasteiger partial charge in [0.05, 0.1) is 0 Å². The van der Waals surface area contributed by atoms with E-state index in [1.54, 1.807) is 0 Å². The van der Waals surface area contributed by atoms with E-state index in [9.17, 15) is 9.18 Å². The van der Waals surface area contributed by atoms with E-state index in [0.29, 0.717) is 17.9 Å². The lowest BCUT2D eigenvalue weighted by molar-refractivity contribution is -0.133. The monoisotopic (exact) mass is 368 g/mol. The summed E-state index contributed by atoms with van der Waals surface area (Å²) in [4.78, 5) is 14.9. The number of likely N-dealkylation sites (tertiary alicyclic amines) is 1. The number of halogens is 2. The fraction of sp³-hybridized carbons (Fsp3) is 0.611. The summed E-state index contributed by atoms with van der Waals surface area (Å²) < 4.78 is 13.0. The molecule has 1 aromatic carbocycles. The average molecular weight is 369 g/mol. The van der Waals surface area contributed by atoms with E-state index in [2.05, 4.69) is 16.2 Å². The number of nitrogens with one attached hydrogen (secondary N) is 3. The van der Waals surface area contributed by atoms with Crippen LogP contribution in [-0.2, 0) is 11.2 Å². The van der Waals surface area contributed by atoms with Gasteiger partial charge >= 0.3 is 0 Å². The molecule has 138 valence electrons. The standard InChI is InChI=1S/C18H25FN4O.ClH/c19-14-3-1-12(2-4-14)9-13-6-8-23(11-13)18(24)17-15-10-20-7-5-16(15)21-22-17;/h1-4,13,15-17,20-22H,5-11H2;1H. The number of hydrazine groups is 1. The van der Waals surface area contributed by atoms with Gasteiger partial charge in [-0.2, -0.15) is 0 Å². The number of hydrogen-bond acceptors (Lipinski definition) is 4. The van der Waals surface area contributed by atoms with Crippen LogP contribution in [0.15, 0.2) is 24.3 Å². The SMILES string of the molecule is Cl.O=C(C1NNC2CCNCC21)N1CCC(Cc2ccc(F)cc2)C1. The minimum absolute atomic E-state index is 0. The van der Waals surface area contributed by atoms with Gasteiger partial charge in [0.25, 0.3) is 0 Å². The van der Waals surface area contributed by atoms with Crippen molar-refractivity contribution >= 4 is 18.3 Å². The van der Waals surface area contributed by atoms with Gasteiger partial charge in [-0.05, 0) is 49.4 Å². The molecule has 3 aliphatic rings. The Morgan fingerprint density at radius 3 is 2.80 bits per heavy atom. The number of amides is 1. The van der Waals surface area contributed by atoms with Gasteiger partial charge in [-0.3, -0.25) is 10.2 Å². The summed E-state index contributed by atoms with van der Waals surface area (Å²) in [5, 5.41) is 3.40. The molecule has 0 aliphatic carbocycles. The third-order valence-corrected chi connectivity index (χ3v) is 5.68. The molecule has 3 N–H and O–H groups in total. The maximum atomic E-state index is 13.0. The Kier molecular flexibility index (Phi) is 5.94. The molecule has 0 spiro atoms. The number of benzene rings is 1. The molecule has 0 bridgehead atoms. The summed E-state index contributed by atoms with van der Waals surface area (Å²) in [7, 11) is 0. The van der Waals surface area contributed by atoms with E-state index >= 15 is 0 Å². The average Bonchev–Trinajstić information content (AvgIpc) is 3.23. The first kappa shape index (κ1) is 18.6. The molecule has 5 nitrogen and oxygen atoms in total. The molecule has 3 saturated heterocycles. The van der Waals surface area contributed by atoms with E-state index < -0.39 is 0 Å². The van der Waals surface area contributed by atoms with Gasteiger partial charge in [0.2, 0.25) is 5.91 Å². The zero-order valence-electron chi connectivity index (χ0n) is 14.2. The van der Waals surface area contributed by atoms with Crippen LogP contribution in [0.25, 0.3) is 0 Å². The summed E-state index contributed by atoms with van der Waals surface area (Å²) in [6, 6.07) is 7.00. The van der Waals surface area contributed by atoms with Gasteiger partial charge < -0.3 is 10.2 Å². The summed E-state index contributed by atoms with van der Waals surface area (Å²) in [5.74, 6) is 0.828. The zero-order valence-corrected chi connectivity index (χ0v) is 15.0. The molecule has 4 atom stereocenters. The molecule has 3 heterocycles. The fourth-order valence-corrected chi connectivity index (χ4v) is 4.31. The summed E-state index contributed by atoms with van der Waals surface area (Å²) in [5.41, 5.74) is 7.67. The molecule has 0 aromatic heterocycles. The third-order valence-electron chi connectivity index (χ3n) is 5.68. The number of hydrogen-bond donors (Lipinski definition) is 3. The molecule has 4 rings (SSSR count). The first-order valence-corrected chi connectivity index (χ1v) is 8.96. The van der Waals surface area contributed by atoms with E-state index in [0.717, 1.165) is 51.0 Å². The topological polar surface area (TPSA) is 56.4 Å². The predicted octanol–water partition coefficient (Wildman–Crippen LogP) is 1.09. The molecule has 3 aliphatic heterocycles. The van der Waals surface area contributed by atoms with Crippen molar-refractivity contribution in [2.45, 2.75) is 31.3 Å². The van der Waals surface area contributed by atoms with Crippen molar-refractivity contribution in [2.75, 3.05) is 26.2 Å². The normalized spacial score (nSPS) is 31.5. The van der Waals surface area contributed by atoms with Gasteiger partial charge in [-0.1, -0.05) is 12.1 Å². The highest BCUT2D eigenvalue weighted by molar-refractivity contribution is 5.85. The third kappa shape index (κ3) is 3.97. The second-order valence-electron chi connectivity index (χ2n) is 7.30. The highest BCUT2D eigenvalue weighted by Gasteiger charge is 2.43. The van der Waals surface area contributed by atoms with E-state index in [-0.39, 0.29) is 30.2 Å². The lowest BCUT2D eigenvalue weighted by Gasteiger charge is -2.29. The van der Waals surface area contributed by atoms with Crippen LogP contribution in [0.2, 0.25) is 0 Å². The maximum absolute atomic E-state index is 13.0. The molecule has 0 saturated carbocycles. The Balaban J connectivity index is 0.00000182. The molecular weight excluding hydrogens is 343 g/mol. The quantitative estimate of drug-likeness (QED) is 0.747. The lowest BCUT2D eigenvalue weighted by Crippen LogP contribution is -2.50. The molecule has 7 heteroatoms. The Labute approximate surface area is 154 Å². The highest BCUT2D eigenvalue weighted by Crippen LogP contribution is 2.26. The number of piperidine rings is 1. The van der Waals surface area contributed by atoms with Gasteiger partial charge in [-0.25, -0.2) is 9.82 Å². The van der Waals surface area contributed by atoms with Gasteiger partial charge in [0.15, 0.2) is 0 Å². The molecule has 3 fully saturated rings. The van der Waals surface area contributed by atoms with Crippen LogP contribution in [0.1, 0.15) is 18.4 Å². The Hall–Kier alpha value is -1.21. The number of rotatable bonds is 3. The van der Waals surface area contributed by atoms with Crippen molar-refractivity contribution in [2.24, 2.45) is 11.8 Å². The van der Waals surface area contributed by atoms with Gasteiger partial charge in [0.1, 0.15) is 11.9 Å². The molecule has 4 unspecified atom stereocenters.